The Hall–Kier alpha value is -2.28. The molecule has 3 N–H and O–H groups in total. The molecule has 7 nitrogen and oxygen atoms in total. The number of carboxylic acids is 1. The van der Waals surface area contributed by atoms with Crippen LogP contribution in [0.3, 0.4) is 0 Å². The lowest BCUT2D eigenvalue weighted by Gasteiger charge is -2.19. The van der Waals surface area contributed by atoms with Gasteiger partial charge in [0.25, 0.3) is 5.91 Å². The molecule has 1 aliphatic heterocycles. The summed E-state index contributed by atoms with van der Waals surface area (Å²) in [4.78, 5) is 35.7. The van der Waals surface area contributed by atoms with Crippen molar-refractivity contribution < 1.29 is 24.1 Å². The smallest absolute Gasteiger partial charge is 0.327 e. The average molecular weight is 278 g/mol. The number of hydrogen-bond donors (Lipinski definition) is 2. The van der Waals surface area contributed by atoms with Gasteiger partial charge >= 0.3 is 5.97 Å². The van der Waals surface area contributed by atoms with Crippen LogP contribution >= 0.6 is 0 Å². The fraction of sp³-hybridized carbons (Fsp3) is 0.385. The molecular formula is C13H16N3O4+. The highest BCUT2D eigenvalue weighted by molar-refractivity contribution is 6.05. The van der Waals surface area contributed by atoms with E-state index >= 15 is 0 Å². The molecule has 2 amide bonds. The van der Waals surface area contributed by atoms with Crippen molar-refractivity contribution in [1.82, 2.24) is 4.90 Å². The van der Waals surface area contributed by atoms with E-state index in [9.17, 15) is 14.4 Å². The fourth-order valence-electron chi connectivity index (χ4n) is 2.46. The van der Waals surface area contributed by atoms with Gasteiger partial charge in [0.1, 0.15) is 6.04 Å². The van der Waals surface area contributed by atoms with Crippen LogP contribution < -0.4 is 10.3 Å². The van der Waals surface area contributed by atoms with E-state index in [-0.39, 0.29) is 13.0 Å². The molecule has 1 aromatic heterocycles. The van der Waals surface area contributed by atoms with Gasteiger partial charge in [-0.3, -0.25) is 14.5 Å². The summed E-state index contributed by atoms with van der Waals surface area (Å²) >= 11 is 0. The molecule has 0 saturated carbocycles. The Morgan fingerprint density at radius 3 is 2.50 bits per heavy atom. The zero-order valence-electron chi connectivity index (χ0n) is 11.0. The Morgan fingerprint density at radius 1 is 1.45 bits per heavy atom. The molecule has 0 bridgehead atoms. The number of carboxylic acid groups (broad SMARTS) is 1. The van der Waals surface area contributed by atoms with Gasteiger partial charge in [-0.1, -0.05) is 6.07 Å². The number of pyridine rings is 1. The van der Waals surface area contributed by atoms with E-state index in [2.05, 4.69) is 0 Å². The summed E-state index contributed by atoms with van der Waals surface area (Å²) in [6, 6.07) is 4.17. The van der Waals surface area contributed by atoms with E-state index < -0.39 is 29.4 Å². The average Bonchev–Trinajstić information content (AvgIpc) is 2.63. The normalized spacial score (nSPS) is 25.8. The predicted octanol–water partition coefficient (Wildman–Crippen LogP) is -1.10. The summed E-state index contributed by atoms with van der Waals surface area (Å²) in [5, 5.41) is 9.14. The van der Waals surface area contributed by atoms with E-state index in [1.54, 1.807) is 29.1 Å². The highest BCUT2D eigenvalue weighted by atomic mass is 16.4. The predicted molar refractivity (Wildman–Crippen MR) is 67.1 cm³/mol. The van der Waals surface area contributed by atoms with Crippen molar-refractivity contribution >= 4 is 17.8 Å². The molecule has 1 saturated heterocycles. The SMILES string of the molecule is CC(=O)N1C(=O)C(N)(C[n+]2ccccc2)C[C@H]1C(=O)O. The van der Waals surface area contributed by atoms with E-state index in [4.69, 9.17) is 10.8 Å². The summed E-state index contributed by atoms with van der Waals surface area (Å²) in [5.41, 5.74) is 4.68. The second kappa shape index (κ2) is 5.01. The molecule has 2 atom stereocenters. The topological polar surface area (TPSA) is 105 Å². The highest BCUT2D eigenvalue weighted by Crippen LogP contribution is 2.27. The van der Waals surface area contributed by atoms with Crippen molar-refractivity contribution in [2.75, 3.05) is 0 Å². The summed E-state index contributed by atoms with van der Waals surface area (Å²) in [6.45, 7) is 1.29. The standard InChI is InChI=1S/C13H15N3O4/c1-9(17)16-10(11(18)19)7-13(14,12(16)20)8-15-5-3-2-4-6-15/h2-6,10H,7-8,14H2,1H3/p+1/t10-,13?/m0/s1. The molecule has 7 heteroatoms. The number of carbonyl (C=O) groups excluding carboxylic acids is 2. The van der Waals surface area contributed by atoms with Crippen molar-refractivity contribution in [3.05, 3.63) is 30.6 Å². The minimum atomic E-state index is -1.39. The number of aliphatic carboxylic acids is 1. The van der Waals surface area contributed by atoms with Crippen LogP contribution in [0.5, 0.6) is 0 Å². The third-order valence-corrected chi connectivity index (χ3v) is 3.38. The molecule has 106 valence electrons. The van der Waals surface area contributed by atoms with Crippen LogP contribution in [-0.4, -0.2) is 39.4 Å². The molecule has 1 fully saturated rings. The third kappa shape index (κ3) is 2.39. The summed E-state index contributed by atoms with van der Waals surface area (Å²) < 4.78 is 1.69. The van der Waals surface area contributed by atoms with Gasteiger partial charge in [0.2, 0.25) is 5.91 Å². The number of nitrogens with zero attached hydrogens (tertiary/aromatic N) is 2. The molecule has 0 spiro atoms. The molecule has 2 rings (SSSR count). The first-order valence-corrected chi connectivity index (χ1v) is 6.15. The van der Waals surface area contributed by atoms with Gasteiger partial charge in [0.05, 0.1) is 0 Å². The lowest BCUT2D eigenvalue weighted by Crippen LogP contribution is -2.58. The van der Waals surface area contributed by atoms with Gasteiger partial charge in [0.15, 0.2) is 24.5 Å². The Morgan fingerprint density at radius 2 is 2.05 bits per heavy atom. The Balaban J connectivity index is 2.30. The van der Waals surface area contributed by atoms with Crippen LogP contribution in [0.25, 0.3) is 0 Å². The fourth-order valence-corrected chi connectivity index (χ4v) is 2.46. The largest absolute Gasteiger partial charge is 0.480 e. The number of likely N-dealkylation sites (tertiary alicyclic amines) is 1. The molecule has 1 aromatic rings. The molecule has 1 aliphatic rings. The molecule has 0 aliphatic carbocycles. The van der Waals surface area contributed by atoms with Gasteiger partial charge in [0, 0.05) is 25.5 Å². The molecule has 20 heavy (non-hydrogen) atoms. The maximum absolute atomic E-state index is 12.3. The second-order valence-electron chi connectivity index (χ2n) is 4.96. The van der Waals surface area contributed by atoms with Gasteiger partial charge in [-0.2, -0.15) is 0 Å². The van der Waals surface area contributed by atoms with E-state index in [0.717, 1.165) is 11.8 Å². The summed E-state index contributed by atoms with van der Waals surface area (Å²) in [7, 11) is 0. The third-order valence-electron chi connectivity index (χ3n) is 3.38. The first-order chi connectivity index (χ1) is 9.35. The summed E-state index contributed by atoms with van der Waals surface area (Å²) in [6.07, 6.45) is 3.37. The van der Waals surface area contributed by atoms with Crippen LogP contribution in [-0.2, 0) is 20.9 Å². The van der Waals surface area contributed by atoms with Gasteiger partial charge in [-0.25, -0.2) is 9.36 Å². The molecule has 0 radical (unpaired) electrons. The van der Waals surface area contributed by atoms with Crippen LogP contribution in [0.15, 0.2) is 30.6 Å². The Kier molecular flexibility index (Phi) is 3.54. The van der Waals surface area contributed by atoms with E-state index in [0.29, 0.717) is 0 Å². The van der Waals surface area contributed by atoms with Crippen molar-refractivity contribution in [2.24, 2.45) is 5.73 Å². The quantitative estimate of drug-likeness (QED) is 0.683. The van der Waals surface area contributed by atoms with Crippen LogP contribution in [0, 0.1) is 0 Å². The molecular weight excluding hydrogens is 262 g/mol. The molecule has 1 unspecified atom stereocenters. The van der Waals surface area contributed by atoms with E-state index in [1.165, 1.54) is 0 Å². The first kappa shape index (κ1) is 14.1. The van der Waals surface area contributed by atoms with Gasteiger partial charge in [-0.15, -0.1) is 0 Å². The first-order valence-electron chi connectivity index (χ1n) is 6.15. The molecule has 0 aromatic carbocycles. The lowest BCUT2D eigenvalue weighted by molar-refractivity contribution is -0.701. The van der Waals surface area contributed by atoms with Crippen LogP contribution in [0.1, 0.15) is 13.3 Å². The zero-order valence-corrected chi connectivity index (χ0v) is 11.0. The number of carbonyl (C=O) groups is 3. The maximum atomic E-state index is 12.3. The lowest BCUT2D eigenvalue weighted by atomic mass is 9.96. The van der Waals surface area contributed by atoms with Gasteiger partial charge < -0.3 is 10.8 Å². The van der Waals surface area contributed by atoms with E-state index in [1.807, 2.05) is 6.07 Å². The van der Waals surface area contributed by atoms with Crippen molar-refractivity contribution in [3.8, 4) is 0 Å². The van der Waals surface area contributed by atoms with Crippen molar-refractivity contribution in [1.29, 1.82) is 0 Å². The van der Waals surface area contributed by atoms with Crippen LogP contribution in [0.2, 0.25) is 0 Å². The Labute approximate surface area is 115 Å². The zero-order chi connectivity index (χ0) is 14.9. The number of hydrogen-bond acceptors (Lipinski definition) is 4. The number of imide groups is 1. The highest BCUT2D eigenvalue weighted by Gasteiger charge is 2.55. The minimum Gasteiger partial charge on any atom is -0.480 e. The minimum absolute atomic E-state index is 0.0946. The number of amides is 2. The van der Waals surface area contributed by atoms with Crippen molar-refractivity contribution in [3.63, 3.8) is 0 Å². The second-order valence-corrected chi connectivity index (χ2v) is 4.96. The van der Waals surface area contributed by atoms with Gasteiger partial charge in [-0.05, 0) is 0 Å². The number of rotatable bonds is 3. The molecule has 2 heterocycles. The van der Waals surface area contributed by atoms with Crippen LogP contribution in [0.4, 0.5) is 0 Å². The monoisotopic (exact) mass is 278 g/mol. The Bertz CT molecular complexity index is 560. The number of nitrogens with two attached hydrogens (primary N) is 1. The van der Waals surface area contributed by atoms with Crippen molar-refractivity contribution in [2.45, 2.75) is 31.5 Å². The number of aromatic nitrogens is 1. The maximum Gasteiger partial charge on any atom is 0.327 e. The summed E-state index contributed by atoms with van der Waals surface area (Å²) in [5.74, 6) is -2.47.